The average Bonchev–Trinajstić information content (AvgIpc) is 2.88. The molecule has 1 N–H and O–H groups in total. The van der Waals surface area contributed by atoms with E-state index in [4.69, 9.17) is 23.8 Å². The summed E-state index contributed by atoms with van der Waals surface area (Å²) in [4.78, 5) is 16.8. The van der Waals surface area contributed by atoms with E-state index in [1.54, 1.807) is 11.9 Å². The van der Waals surface area contributed by atoms with Crippen LogP contribution in [0.2, 0.25) is 5.02 Å². The van der Waals surface area contributed by atoms with Gasteiger partial charge in [-0.05, 0) is 30.2 Å². The molecule has 6 heteroatoms. The fraction of sp³-hybridized carbons (Fsp3) is 0.231. The highest BCUT2D eigenvalue weighted by Crippen LogP contribution is 2.31. The molecule has 0 saturated carbocycles. The first-order valence-corrected chi connectivity index (χ1v) is 7.46. The number of rotatable bonds is 2. The van der Waals surface area contributed by atoms with Crippen LogP contribution in [0.25, 0.3) is 10.9 Å². The molecule has 0 bridgehead atoms. The maximum absolute atomic E-state index is 12.0. The van der Waals surface area contributed by atoms with Gasteiger partial charge in [-0.15, -0.1) is 0 Å². The molecule has 0 aliphatic carbocycles. The van der Waals surface area contributed by atoms with E-state index in [0.717, 1.165) is 16.5 Å². The number of aromatic nitrogens is 1. The average molecular weight is 311 g/mol. The topological polar surface area (TPSA) is 36.1 Å². The second-order valence-corrected chi connectivity index (χ2v) is 6.75. The molecule has 1 aromatic carbocycles. The number of fused-ring (bicyclic) bond motifs is 1. The number of carbonyl (C=O) groups excluding carboxylic acids is 1. The molecule has 0 spiro atoms. The van der Waals surface area contributed by atoms with Crippen LogP contribution in [0, 0.1) is 0 Å². The van der Waals surface area contributed by atoms with Gasteiger partial charge in [-0.3, -0.25) is 9.69 Å². The Balaban J connectivity index is 1.92. The number of aromatic amines is 1. The Bertz CT molecular complexity index is 682. The number of halogens is 1. The number of nitrogens with one attached hydrogen (secondary N) is 1. The van der Waals surface area contributed by atoms with Crippen LogP contribution >= 0.6 is 35.6 Å². The van der Waals surface area contributed by atoms with Crippen LogP contribution in [0.3, 0.4) is 0 Å². The molecule has 2 heterocycles. The summed E-state index contributed by atoms with van der Waals surface area (Å²) >= 11 is 12.6. The third-order valence-corrected chi connectivity index (χ3v) is 5.18. The molecule has 19 heavy (non-hydrogen) atoms. The molecule has 1 aliphatic heterocycles. The normalized spacial score (nSPS) is 19.7. The van der Waals surface area contributed by atoms with Crippen LogP contribution in [-0.4, -0.2) is 32.4 Å². The first-order chi connectivity index (χ1) is 9.06. The summed E-state index contributed by atoms with van der Waals surface area (Å²) in [5.74, 6) is 0.0754. The predicted octanol–water partition coefficient (Wildman–Crippen LogP) is 3.22. The van der Waals surface area contributed by atoms with E-state index in [1.807, 2.05) is 24.4 Å². The van der Waals surface area contributed by atoms with Gasteiger partial charge in [-0.1, -0.05) is 35.6 Å². The van der Waals surface area contributed by atoms with Crippen molar-refractivity contribution in [3.8, 4) is 0 Å². The smallest absolute Gasteiger partial charge is 0.241 e. The van der Waals surface area contributed by atoms with E-state index in [0.29, 0.717) is 15.8 Å². The van der Waals surface area contributed by atoms with Crippen LogP contribution in [-0.2, 0) is 11.2 Å². The quantitative estimate of drug-likeness (QED) is 0.865. The van der Waals surface area contributed by atoms with Gasteiger partial charge in [0.1, 0.15) is 4.32 Å². The molecule has 98 valence electrons. The van der Waals surface area contributed by atoms with Gasteiger partial charge in [-0.25, -0.2) is 0 Å². The Morgan fingerprint density at radius 3 is 3.00 bits per heavy atom. The zero-order valence-electron chi connectivity index (χ0n) is 10.1. The lowest BCUT2D eigenvalue weighted by molar-refractivity contribution is -0.125. The highest BCUT2D eigenvalue weighted by atomic mass is 35.5. The summed E-state index contributed by atoms with van der Waals surface area (Å²) in [7, 11) is 1.73. The molecule has 0 radical (unpaired) electrons. The Labute approximate surface area is 125 Å². The van der Waals surface area contributed by atoms with Gasteiger partial charge in [0.15, 0.2) is 0 Å². The number of thiocarbonyl (C=S) groups is 1. The maximum atomic E-state index is 12.0. The van der Waals surface area contributed by atoms with Gasteiger partial charge >= 0.3 is 0 Å². The van der Waals surface area contributed by atoms with E-state index >= 15 is 0 Å². The number of amides is 1. The minimum atomic E-state index is -0.129. The van der Waals surface area contributed by atoms with Crippen molar-refractivity contribution in [3.05, 3.63) is 35.0 Å². The molecule has 1 saturated heterocycles. The fourth-order valence-electron chi connectivity index (χ4n) is 2.21. The zero-order chi connectivity index (χ0) is 13.6. The van der Waals surface area contributed by atoms with E-state index in [2.05, 4.69) is 4.98 Å². The van der Waals surface area contributed by atoms with Gasteiger partial charge in [0.25, 0.3) is 0 Å². The van der Waals surface area contributed by atoms with Crippen molar-refractivity contribution < 1.29 is 4.79 Å². The predicted molar refractivity (Wildman–Crippen MR) is 83.8 cm³/mol. The number of nitrogens with zero attached hydrogens (tertiary/aromatic N) is 1. The number of benzene rings is 1. The van der Waals surface area contributed by atoms with Crippen molar-refractivity contribution in [1.82, 2.24) is 9.88 Å². The Kier molecular flexibility index (Phi) is 3.28. The Morgan fingerprint density at radius 2 is 2.32 bits per heavy atom. The van der Waals surface area contributed by atoms with E-state index < -0.39 is 0 Å². The molecule has 3 nitrogen and oxygen atoms in total. The highest BCUT2D eigenvalue weighted by molar-refractivity contribution is 8.24. The SMILES string of the molecule is CN1C(=O)C(Cc2c[nH]c3ccc(Cl)cc23)SC1=S. The number of thioether (sulfide) groups is 1. The standard InChI is InChI=1S/C13H11ClN2OS2/c1-16-12(17)11(19-13(16)18)4-7-6-15-10-3-2-8(14)5-9(7)10/h2-3,5-6,11,15H,4H2,1H3. The lowest BCUT2D eigenvalue weighted by Crippen LogP contribution is -2.28. The summed E-state index contributed by atoms with van der Waals surface area (Å²) in [6.45, 7) is 0. The number of H-pyrrole nitrogens is 1. The van der Waals surface area contributed by atoms with Gasteiger partial charge in [0, 0.05) is 29.2 Å². The second kappa shape index (κ2) is 4.81. The van der Waals surface area contributed by atoms with Crippen LogP contribution in [0.4, 0.5) is 0 Å². The summed E-state index contributed by atoms with van der Waals surface area (Å²) in [5.41, 5.74) is 2.13. The second-order valence-electron chi connectivity index (χ2n) is 4.48. The van der Waals surface area contributed by atoms with Crippen LogP contribution in [0.5, 0.6) is 0 Å². The van der Waals surface area contributed by atoms with E-state index in [-0.39, 0.29) is 11.2 Å². The Morgan fingerprint density at radius 1 is 1.53 bits per heavy atom. The monoisotopic (exact) mass is 310 g/mol. The van der Waals surface area contributed by atoms with Crippen molar-refractivity contribution in [2.45, 2.75) is 11.7 Å². The minimum absolute atomic E-state index is 0.0754. The van der Waals surface area contributed by atoms with E-state index in [9.17, 15) is 4.79 Å². The van der Waals surface area contributed by atoms with Gasteiger partial charge in [0.05, 0.1) is 5.25 Å². The number of carbonyl (C=O) groups is 1. The third kappa shape index (κ3) is 2.26. The van der Waals surface area contributed by atoms with Crippen molar-refractivity contribution in [2.75, 3.05) is 7.05 Å². The molecule has 3 rings (SSSR count). The van der Waals surface area contributed by atoms with Crippen molar-refractivity contribution in [2.24, 2.45) is 0 Å². The molecule has 1 amide bonds. The number of hydrogen-bond donors (Lipinski definition) is 1. The molecule has 1 aromatic heterocycles. The van der Waals surface area contributed by atoms with E-state index in [1.165, 1.54) is 11.8 Å². The lowest BCUT2D eigenvalue weighted by atomic mass is 10.1. The first-order valence-electron chi connectivity index (χ1n) is 5.80. The maximum Gasteiger partial charge on any atom is 0.241 e. The van der Waals surface area contributed by atoms with Gasteiger partial charge in [-0.2, -0.15) is 0 Å². The van der Waals surface area contributed by atoms with Crippen molar-refractivity contribution >= 4 is 56.7 Å². The summed E-state index contributed by atoms with van der Waals surface area (Å²) < 4.78 is 0.646. The molecular weight excluding hydrogens is 300 g/mol. The van der Waals surface area contributed by atoms with Crippen molar-refractivity contribution in [1.29, 1.82) is 0 Å². The fourth-order valence-corrected chi connectivity index (χ4v) is 3.83. The third-order valence-electron chi connectivity index (χ3n) is 3.26. The highest BCUT2D eigenvalue weighted by Gasteiger charge is 2.34. The van der Waals surface area contributed by atoms with Crippen LogP contribution < -0.4 is 0 Å². The van der Waals surface area contributed by atoms with Crippen LogP contribution in [0.1, 0.15) is 5.56 Å². The molecule has 1 fully saturated rings. The van der Waals surface area contributed by atoms with Crippen molar-refractivity contribution in [3.63, 3.8) is 0 Å². The van der Waals surface area contributed by atoms with Gasteiger partial charge in [0.2, 0.25) is 5.91 Å². The first kappa shape index (κ1) is 13.0. The molecular formula is C13H11ClN2OS2. The van der Waals surface area contributed by atoms with Gasteiger partial charge < -0.3 is 4.98 Å². The zero-order valence-corrected chi connectivity index (χ0v) is 12.5. The molecule has 1 aliphatic rings. The van der Waals surface area contributed by atoms with Crippen LogP contribution in [0.15, 0.2) is 24.4 Å². The lowest BCUT2D eigenvalue weighted by Gasteiger charge is -2.07. The Hall–Kier alpha value is -1.04. The summed E-state index contributed by atoms with van der Waals surface area (Å²) in [6, 6.07) is 5.72. The molecule has 2 aromatic rings. The molecule has 1 atom stereocenters. The number of hydrogen-bond acceptors (Lipinski definition) is 3. The molecule has 1 unspecified atom stereocenters. The summed E-state index contributed by atoms with van der Waals surface area (Å²) in [5, 5.41) is 1.64. The largest absolute Gasteiger partial charge is 0.361 e. The minimum Gasteiger partial charge on any atom is -0.361 e. The summed E-state index contributed by atoms with van der Waals surface area (Å²) in [6.07, 6.45) is 2.60.